The minimum Gasteiger partial charge on any atom is -0.380 e. The zero-order valence-electron chi connectivity index (χ0n) is 11.9. The summed E-state index contributed by atoms with van der Waals surface area (Å²) in [4.78, 5) is 11.9. The van der Waals surface area contributed by atoms with Crippen LogP contribution < -0.4 is 5.32 Å². The van der Waals surface area contributed by atoms with Gasteiger partial charge in [0.1, 0.15) is 5.82 Å². The number of methoxy groups -OCH3 is 1. The van der Waals surface area contributed by atoms with Crippen molar-refractivity contribution < 1.29 is 13.9 Å². The highest BCUT2D eigenvalue weighted by Crippen LogP contribution is 2.12. The third-order valence-corrected chi connectivity index (χ3v) is 3.08. The summed E-state index contributed by atoms with van der Waals surface area (Å²) >= 11 is 0. The van der Waals surface area contributed by atoms with Crippen LogP contribution in [0.25, 0.3) is 0 Å². The zero-order chi connectivity index (χ0) is 15.1. The van der Waals surface area contributed by atoms with E-state index in [-0.39, 0.29) is 11.7 Å². The molecule has 0 saturated heterocycles. The van der Waals surface area contributed by atoms with Crippen molar-refractivity contribution in [2.24, 2.45) is 0 Å². The maximum absolute atomic E-state index is 12.8. The Balaban J connectivity index is 1.86. The van der Waals surface area contributed by atoms with E-state index in [1.807, 2.05) is 24.3 Å². The van der Waals surface area contributed by atoms with Crippen LogP contribution in [0.5, 0.6) is 0 Å². The van der Waals surface area contributed by atoms with Gasteiger partial charge in [0.15, 0.2) is 0 Å². The van der Waals surface area contributed by atoms with Crippen molar-refractivity contribution in [3.63, 3.8) is 0 Å². The fourth-order valence-corrected chi connectivity index (χ4v) is 2.04. The van der Waals surface area contributed by atoms with Crippen LogP contribution in [-0.2, 0) is 22.6 Å². The highest BCUT2D eigenvalue weighted by Gasteiger charge is 2.04. The van der Waals surface area contributed by atoms with Crippen molar-refractivity contribution in [1.29, 1.82) is 0 Å². The Hall–Kier alpha value is -2.20. The SMILES string of the molecule is COCc1cccc(NC(=O)CCc2ccc(F)cc2)c1. The van der Waals surface area contributed by atoms with Gasteiger partial charge < -0.3 is 10.1 Å². The molecule has 3 nitrogen and oxygen atoms in total. The van der Waals surface area contributed by atoms with Crippen molar-refractivity contribution in [1.82, 2.24) is 0 Å². The van der Waals surface area contributed by atoms with E-state index in [1.54, 1.807) is 19.2 Å². The number of benzene rings is 2. The number of amides is 1. The van der Waals surface area contributed by atoms with E-state index in [2.05, 4.69) is 5.32 Å². The van der Waals surface area contributed by atoms with E-state index in [9.17, 15) is 9.18 Å². The Kier molecular flexibility index (Phi) is 5.46. The predicted octanol–water partition coefficient (Wildman–Crippen LogP) is 3.54. The van der Waals surface area contributed by atoms with Gasteiger partial charge in [0, 0.05) is 19.2 Å². The van der Waals surface area contributed by atoms with E-state index in [1.165, 1.54) is 12.1 Å². The summed E-state index contributed by atoms with van der Waals surface area (Å²) in [6, 6.07) is 13.8. The molecule has 0 aliphatic rings. The molecular weight excluding hydrogens is 269 g/mol. The second kappa shape index (κ2) is 7.55. The van der Waals surface area contributed by atoms with E-state index < -0.39 is 0 Å². The number of aryl methyl sites for hydroxylation is 1. The van der Waals surface area contributed by atoms with Crippen LogP contribution in [0, 0.1) is 5.82 Å². The molecule has 0 spiro atoms. The Morgan fingerprint density at radius 3 is 2.62 bits per heavy atom. The summed E-state index contributed by atoms with van der Waals surface area (Å²) in [5.74, 6) is -0.327. The summed E-state index contributed by atoms with van der Waals surface area (Å²) < 4.78 is 17.8. The second-order valence-electron chi connectivity index (χ2n) is 4.81. The molecule has 0 aliphatic carbocycles. The average Bonchev–Trinajstić information content (AvgIpc) is 2.47. The smallest absolute Gasteiger partial charge is 0.224 e. The molecule has 1 N–H and O–H groups in total. The lowest BCUT2D eigenvalue weighted by molar-refractivity contribution is -0.116. The fraction of sp³-hybridized carbons (Fsp3) is 0.235. The second-order valence-corrected chi connectivity index (χ2v) is 4.81. The van der Waals surface area contributed by atoms with Crippen LogP contribution in [0.1, 0.15) is 17.5 Å². The number of anilines is 1. The van der Waals surface area contributed by atoms with E-state index in [0.717, 1.165) is 16.8 Å². The molecule has 0 heterocycles. The quantitative estimate of drug-likeness (QED) is 0.882. The molecule has 110 valence electrons. The van der Waals surface area contributed by atoms with E-state index >= 15 is 0 Å². The third kappa shape index (κ3) is 5.00. The van der Waals surface area contributed by atoms with Gasteiger partial charge in [-0.05, 0) is 41.8 Å². The van der Waals surface area contributed by atoms with Gasteiger partial charge >= 0.3 is 0 Å². The number of carbonyl (C=O) groups is 1. The molecule has 2 rings (SSSR count). The topological polar surface area (TPSA) is 38.3 Å². The highest BCUT2D eigenvalue weighted by atomic mass is 19.1. The van der Waals surface area contributed by atoms with Crippen LogP contribution in [-0.4, -0.2) is 13.0 Å². The zero-order valence-corrected chi connectivity index (χ0v) is 11.9. The van der Waals surface area contributed by atoms with Crippen molar-refractivity contribution in [3.8, 4) is 0 Å². The monoisotopic (exact) mass is 287 g/mol. The van der Waals surface area contributed by atoms with Crippen LogP contribution in [0.3, 0.4) is 0 Å². The first-order valence-electron chi connectivity index (χ1n) is 6.79. The molecule has 0 aliphatic heterocycles. The van der Waals surface area contributed by atoms with Gasteiger partial charge in [-0.3, -0.25) is 4.79 Å². The molecule has 0 fully saturated rings. The summed E-state index contributed by atoms with van der Waals surface area (Å²) in [7, 11) is 1.63. The Morgan fingerprint density at radius 2 is 1.90 bits per heavy atom. The summed E-state index contributed by atoms with van der Waals surface area (Å²) in [5, 5.41) is 2.85. The number of ether oxygens (including phenoxy) is 1. The normalized spacial score (nSPS) is 10.4. The highest BCUT2D eigenvalue weighted by molar-refractivity contribution is 5.90. The summed E-state index contributed by atoms with van der Waals surface area (Å²) in [5.41, 5.74) is 2.71. The molecule has 1 amide bonds. The molecule has 0 unspecified atom stereocenters. The van der Waals surface area contributed by atoms with Gasteiger partial charge in [0.25, 0.3) is 0 Å². The van der Waals surface area contributed by atoms with Crippen LogP contribution in [0.2, 0.25) is 0 Å². The number of rotatable bonds is 6. The van der Waals surface area contributed by atoms with Gasteiger partial charge in [-0.25, -0.2) is 4.39 Å². The maximum atomic E-state index is 12.8. The Bertz CT molecular complexity index is 596. The average molecular weight is 287 g/mol. The fourth-order valence-electron chi connectivity index (χ4n) is 2.04. The molecular formula is C17H18FNO2. The van der Waals surface area contributed by atoms with Crippen molar-refractivity contribution in [3.05, 3.63) is 65.5 Å². The van der Waals surface area contributed by atoms with Crippen molar-refractivity contribution in [2.45, 2.75) is 19.4 Å². The number of hydrogen-bond acceptors (Lipinski definition) is 2. The van der Waals surface area contributed by atoms with Crippen LogP contribution in [0.4, 0.5) is 10.1 Å². The van der Waals surface area contributed by atoms with E-state index in [0.29, 0.717) is 19.4 Å². The summed E-state index contributed by atoms with van der Waals surface area (Å²) in [6.07, 6.45) is 0.948. The molecule has 0 atom stereocenters. The Morgan fingerprint density at radius 1 is 1.14 bits per heavy atom. The van der Waals surface area contributed by atoms with Crippen molar-refractivity contribution in [2.75, 3.05) is 12.4 Å². The lowest BCUT2D eigenvalue weighted by Crippen LogP contribution is -2.12. The molecule has 0 saturated carbocycles. The molecule has 2 aromatic rings. The third-order valence-electron chi connectivity index (χ3n) is 3.08. The van der Waals surface area contributed by atoms with Crippen LogP contribution >= 0.6 is 0 Å². The number of carbonyl (C=O) groups excluding carboxylic acids is 1. The molecule has 0 radical (unpaired) electrons. The molecule has 21 heavy (non-hydrogen) atoms. The molecule has 2 aromatic carbocycles. The van der Waals surface area contributed by atoms with Gasteiger partial charge in [-0.2, -0.15) is 0 Å². The van der Waals surface area contributed by atoms with E-state index in [4.69, 9.17) is 4.74 Å². The first-order valence-corrected chi connectivity index (χ1v) is 6.79. The number of hydrogen-bond donors (Lipinski definition) is 1. The Labute approximate surface area is 123 Å². The van der Waals surface area contributed by atoms with Gasteiger partial charge in [0.05, 0.1) is 6.61 Å². The van der Waals surface area contributed by atoms with Crippen LogP contribution in [0.15, 0.2) is 48.5 Å². The number of halogens is 1. The number of nitrogens with one attached hydrogen (secondary N) is 1. The first kappa shape index (κ1) is 15.2. The maximum Gasteiger partial charge on any atom is 0.224 e. The molecule has 0 aromatic heterocycles. The minimum atomic E-state index is -0.266. The molecule has 0 bridgehead atoms. The molecule has 4 heteroatoms. The standard InChI is InChI=1S/C17H18FNO2/c1-21-12-14-3-2-4-16(11-14)19-17(20)10-7-13-5-8-15(18)9-6-13/h2-6,8-9,11H,7,10,12H2,1H3,(H,19,20). The van der Waals surface area contributed by atoms with Gasteiger partial charge in [-0.1, -0.05) is 24.3 Å². The predicted molar refractivity (Wildman–Crippen MR) is 80.5 cm³/mol. The first-order chi connectivity index (χ1) is 10.2. The van der Waals surface area contributed by atoms with Gasteiger partial charge in [0.2, 0.25) is 5.91 Å². The van der Waals surface area contributed by atoms with Gasteiger partial charge in [-0.15, -0.1) is 0 Å². The summed E-state index contributed by atoms with van der Waals surface area (Å²) in [6.45, 7) is 0.513. The lowest BCUT2D eigenvalue weighted by Gasteiger charge is -2.07. The lowest BCUT2D eigenvalue weighted by atomic mass is 10.1. The van der Waals surface area contributed by atoms with Crippen molar-refractivity contribution >= 4 is 11.6 Å². The largest absolute Gasteiger partial charge is 0.380 e. The minimum absolute atomic E-state index is 0.0612.